The summed E-state index contributed by atoms with van der Waals surface area (Å²) in [6.07, 6.45) is 2.10. The Bertz CT molecular complexity index is 1240. The molecule has 1 heterocycles. The highest BCUT2D eigenvalue weighted by atomic mass is 79.9. The van der Waals surface area contributed by atoms with Crippen LogP contribution in [0.2, 0.25) is 0 Å². The van der Waals surface area contributed by atoms with E-state index >= 15 is 0 Å². The Morgan fingerprint density at radius 2 is 1.94 bits per heavy atom. The molecule has 0 saturated heterocycles. The van der Waals surface area contributed by atoms with Crippen LogP contribution in [0.5, 0.6) is 5.75 Å². The van der Waals surface area contributed by atoms with Crippen LogP contribution in [0.25, 0.3) is 10.9 Å². The number of hydrogen-bond acceptors (Lipinski definition) is 7. The number of amides is 1. The first-order valence-electron chi connectivity index (χ1n) is 10.0. The average molecular weight is 521 g/mol. The van der Waals surface area contributed by atoms with E-state index in [1.54, 1.807) is 31.2 Å². The van der Waals surface area contributed by atoms with Crippen molar-refractivity contribution in [3.8, 4) is 5.75 Å². The molecule has 3 rings (SSSR count). The first-order chi connectivity index (χ1) is 15.2. The smallest absolute Gasteiger partial charge is 0.442 e. The molecule has 3 aromatic rings. The number of rotatable bonds is 7. The van der Waals surface area contributed by atoms with Crippen molar-refractivity contribution in [3.05, 3.63) is 52.8 Å². The fraction of sp³-hybridized carbons (Fsp3) is 0.318. The van der Waals surface area contributed by atoms with Crippen molar-refractivity contribution in [2.45, 2.75) is 38.3 Å². The lowest BCUT2D eigenvalue weighted by Gasteiger charge is -2.14. The van der Waals surface area contributed by atoms with Gasteiger partial charge in [0.1, 0.15) is 24.5 Å². The maximum absolute atomic E-state index is 12.7. The van der Waals surface area contributed by atoms with Crippen LogP contribution in [0.1, 0.15) is 26.3 Å². The molecule has 1 unspecified atom stereocenters. The third-order valence-electron chi connectivity index (χ3n) is 4.39. The number of benzene rings is 2. The van der Waals surface area contributed by atoms with Crippen LogP contribution in [-0.4, -0.2) is 39.2 Å². The highest BCUT2D eigenvalue weighted by Gasteiger charge is 2.12. The molecule has 0 radical (unpaired) electrons. The first kappa shape index (κ1) is 23.9. The van der Waals surface area contributed by atoms with Crippen molar-refractivity contribution >= 4 is 48.5 Å². The Labute approximate surface area is 196 Å². The van der Waals surface area contributed by atoms with Gasteiger partial charge in [-0.15, -0.1) is 4.36 Å². The topological polar surface area (TPSA) is 103 Å². The molecule has 32 heavy (non-hydrogen) atoms. The Kier molecular flexibility index (Phi) is 7.68. The number of carbonyl (C=O) groups excluding carboxylic acids is 1. The van der Waals surface area contributed by atoms with Gasteiger partial charge in [-0.3, -0.25) is 0 Å². The molecule has 0 bridgehead atoms. The van der Waals surface area contributed by atoms with Crippen LogP contribution < -0.4 is 10.1 Å². The Balaban J connectivity index is 1.76. The number of ether oxygens (including phenoxy) is 2. The number of nitrogens with zero attached hydrogens (tertiary/aromatic N) is 3. The molecular weight excluding hydrogens is 496 g/mol. The summed E-state index contributed by atoms with van der Waals surface area (Å²) < 4.78 is 27.9. The van der Waals surface area contributed by atoms with E-state index in [-0.39, 0.29) is 12.6 Å². The van der Waals surface area contributed by atoms with E-state index in [2.05, 4.69) is 35.6 Å². The van der Waals surface area contributed by atoms with E-state index < -0.39 is 15.8 Å². The summed E-state index contributed by atoms with van der Waals surface area (Å²) in [5.41, 5.74) is 1.64. The van der Waals surface area contributed by atoms with Gasteiger partial charge in [-0.25, -0.2) is 19.0 Å². The lowest BCUT2D eigenvalue weighted by molar-refractivity contribution is 0.164. The molecule has 1 N–H and O–H groups in total. The molecular formula is C22H25BrN4O4S. The highest BCUT2D eigenvalue weighted by molar-refractivity contribution is 9.10. The summed E-state index contributed by atoms with van der Waals surface area (Å²) in [7, 11) is -2.88. The lowest BCUT2D eigenvalue weighted by Crippen LogP contribution is -2.11. The summed E-state index contributed by atoms with van der Waals surface area (Å²) in [6.45, 7) is 6.25. The number of carbonyl (C=O) groups is 1. The van der Waals surface area contributed by atoms with Crippen molar-refractivity contribution in [3.63, 3.8) is 0 Å². The molecule has 0 fully saturated rings. The number of hydrogen-bond donors (Lipinski definition) is 1. The molecule has 1 atom stereocenters. The number of anilines is 1. The van der Waals surface area contributed by atoms with E-state index in [1.807, 2.05) is 26.0 Å². The molecule has 10 heteroatoms. The summed E-state index contributed by atoms with van der Waals surface area (Å²) in [6, 6.07) is 11.0. The van der Waals surface area contributed by atoms with Gasteiger partial charge in [0.15, 0.2) is 0 Å². The van der Waals surface area contributed by atoms with Gasteiger partial charge in [-0.2, -0.15) is 0 Å². The van der Waals surface area contributed by atoms with Gasteiger partial charge >= 0.3 is 6.09 Å². The predicted octanol–water partition coefficient (Wildman–Crippen LogP) is 5.40. The van der Waals surface area contributed by atoms with E-state index in [0.29, 0.717) is 17.3 Å². The summed E-state index contributed by atoms with van der Waals surface area (Å²) in [4.78, 5) is 20.7. The fourth-order valence-electron chi connectivity index (χ4n) is 2.90. The zero-order valence-corrected chi connectivity index (χ0v) is 20.7. The van der Waals surface area contributed by atoms with Crippen molar-refractivity contribution in [2.24, 2.45) is 4.36 Å². The average Bonchev–Trinajstić information content (AvgIpc) is 2.72. The van der Waals surface area contributed by atoms with Gasteiger partial charge < -0.3 is 14.8 Å². The zero-order valence-electron chi connectivity index (χ0n) is 18.3. The highest BCUT2D eigenvalue weighted by Crippen LogP contribution is 2.33. The minimum Gasteiger partial charge on any atom is -0.488 e. The van der Waals surface area contributed by atoms with Crippen LogP contribution in [-0.2, 0) is 21.1 Å². The lowest BCUT2D eigenvalue weighted by atomic mass is 10.2. The molecule has 0 spiro atoms. The fourth-order valence-corrected chi connectivity index (χ4v) is 4.44. The largest absolute Gasteiger partial charge is 0.488 e. The van der Waals surface area contributed by atoms with E-state index in [9.17, 15) is 9.00 Å². The number of aromatic nitrogens is 2. The van der Waals surface area contributed by atoms with Crippen molar-refractivity contribution in [2.75, 3.05) is 18.2 Å². The third kappa shape index (κ3) is 5.95. The summed E-state index contributed by atoms with van der Waals surface area (Å²) >= 11 is 3.56. The molecule has 2 aromatic carbocycles. The maximum Gasteiger partial charge on any atom is 0.442 e. The minimum atomic E-state index is -2.88. The predicted molar refractivity (Wildman–Crippen MR) is 129 cm³/mol. The summed E-state index contributed by atoms with van der Waals surface area (Å²) in [5, 5.41) is 4.21. The quantitative estimate of drug-likeness (QED) is 0.444. The first-order valence-corrected chi connectivity index (χ1v) is 12.7. The molecule has 0 aliphatic carbocycles. The van der Waals surface area contributed by atoms with Gasteiger partial charge in [0.25, 0.3) is 0 Å². The minimum absolute atomic E-state index is 0.181. The molecule has 1 amide bonds. The van der Waals surface area contributed by atoms with Crippen LogP contribution in [0, 0.1) is 0 Å². The molecule has 8 nitrogen and oxygen atoms in total. The van der Waals surface area contributed by atoms with Gasteiger partial charge in [0.05, 0.1) is 26.3 Å². The van der Waals surface area contributed by atoms with Crippen molar-refractivity contribution in [1.82, 2.24) is 9.97 Å². The number of nitrogens with one attached hydrogen (secondary N) is 1. The Morgan fingerprint density at radius 3 is 2.59 bits per heavy atom. The summed E-state index contributed by atoms with van der Waals surface area (Å²) in [5.74, 6) is 1.41. The molecule has 170 valence electrons. The second kappa shape index (κ2) is 10.3. The second-order valence-electron chi connectivity index (χ2n) is 7.35. The van der Waals surface area contributed by atoms with Gasteiger partial charge in [-0.05, 0) is 60.5 Å². The van der Waals surface area contributed by atoms with Gasteiger partial charge in [0.2, 0.25) is 0 Å². The standard InChI is InChI=1S/C22H25BrN4O4S/c1-5-30-22(28)27-32(4,29)16-8-6-15(7-9-16)12-31-20-11-19-17(10-18(20)23)21(25-13-24-19)26-14(2)3/h6-11,13-14H,5,12H2,1-4H3,(H,24,25,26). The monoisotopic (exact) mass is 520 g/mol. The maximum atomic E-state index is 12.7. The Morgan fingerprint density at radius 1 is 1.22 bits per heavy atom. The van der Waals surface area contributed by atoms with Crippen molar-refractivity contribution in [1.29, 1.82) is 0 Å². The Hall–Kier alpha value is -2.72. The van der Waals surface area contributed by atoms with Gasteiger partial charge in [0, 0.05) is 28.6 Å². The SMILES string of the molecule is CCOC(=O)N=S(C)(=O)c1ccc(COc2cc3ncnc(NC(C)C)c3cc2Br)cc1. The van der Waals surface area contributed by atoms with Gasteiger partial charge in [-0.1, -0.05) is 12.1 Å². The number of halogens is 1. The van der Waals surface area contributed by atoms with E-state index in [1.165, 1.54) is 12.6 Å². The normalized spacial score (nSPS) is 12.9. The van der Waals surface area contributed by atoms with Crippen LogP contribution >= 0.6 is 15.9 Å². The third-order valence-corrected chi connectivity index (χ3v) is 6.65. The van der Waals surface area contributed by atoms with Crippen LogP contribution in [0.4, 0.5) is 10.6 Å². The second-order valence-corrected chi connectivity index (χ2v) is 10.5. The van der Waals surface area contributed by atoms with E-state index in [0.717, 1.165) is 26.8 Å². The van der Waals surface area contributed by atoms with Crippen molar-refractivity contribution < 1.29 is 18.5 Å². The molecule has 0 saturated carbocycles. The van der Waals surface area contributed by atoms with Crippen LogP contribution in [0.15, 0.2) is 56.5 Å². The van der Waals surface area contributed by atoms with Crippen LogP contribution in [0.3, 0.4) is 0 Å². The zero-order chi connectivity index (χ0) is 23.3. The van der Waals surface area contributed by atoms with E-state index in [4.69, 9.17) is 9.47 Å². The molecule has 0 aliphatic heterocycles. The molecule has 0 aliphatic rings. The number of fused-ring (bicyclic) bond motifs is 1. The molecule has 1 aromatic heterocycles.